The van der Waals surface area contributed by atoms with Gasteiger partial charge < -0.3 is 10.2 Å². The van der Waals surface area contributed by atoms with Crippen LogP contribution in [0.5, 0.6) is 0 Å². The minimum Gasteiger partial charge on any atom is -0.393 e. The molecule has 3 heteroatoms. The van der Waals surface area contributed by atoms with Crippen LogP contribution in [0, 0.1) is 57.7 Å². The second-order valence-electron chi connectivity index (χ2n) is 9.99. The van der Waals surface area contributed by atoms with Crippen molar-refractivity contribution in [3.63, 3.8) is 0 Å². The molecule has 0 heterocycles. The third-order valence-electron chi connectivity index (χ3n) is 9.25. The van der Waals surface area contributed by atoms with Crippen molar-refractivity contribution in [1.82, 2.24) is 0 Å². The highest BCUT2D eigenvalue weighted by Gasteiger charge is 2.63. The first-order chi connectivity index (χ1) is 11.3. The second kappa shape index (κ2) is 5.45. The zero-order valence-corrected chi connectivity index (χ0v) is 15.4. The molecule has 24 heavy (non-hydrogen) atoms. The Balaban J connectivity index is 1.69. The Morgan fingerprint density at radius 3 is 2.33 bits per heavy atom. The molecule has 4 fully saturated rings. The Labute approximate surface area is 146 Å². The number of rotatable bonds is 0. The van der Waals surface area contributed by atoms with Crippen LogP contribution >= 0.6 is 0 Å². The minimum atomic E-state index is -0.277. The Hall–Kier alpha value is -0.590. The molecule has 3 nitrogen and oxygen atoms in total. The van der Waals surface area contributed by atoms with E-state index in [1.54, 1.807) is 0 Å². The van der Waals surface area contributed by atoms with Gasteiger partial charge in [0.15, 0.2) is 0 Å². The maximum atomic E-state index is 11.2. The van der Waals surface area contributed by atoms with Crippen molar-refractivity contribution < 1.29 is 10.2 Å². The van der Waals surface area contributed by atoms with E-state index in [1.807, 2.05) is 0 Å². The average Bonchev–Trinajstić information content (AvgIpc) is 2.86. The molecule has 0 bridgehead atoms. The van der Waals surface area contributed by atoms with Crippen molar-refractivity contribution in [2.24, 2.45) is 46.3 Å². The van der Waals surface area contributed by atoms with E-state index < -0.39 is 0 Å². The fourth-order valence-electron chi connectivity index (χ4n) is 8.05. The summed E-state index contributed by atoms with van der Waals surface area (Å²) in [5.41, 5.74) is 0.172. The van der Waals surface area contributed by atoms with Gasteiger partial charge in [0.1, 0.15) is 0 Å². The highest BCUT2D eigenvalue weighted by molar-refractivity contribution is 5.15. The third kappa shape index (κ3) is 2.02. The van der Waals surface area contributed by atoms with E-state index in [4.69, 9.17) is 0 Å². The summed E-state index contributed by atoms with van der Waals surface area (Å²) >= 11 is 0. The number of fused-ring (bicyclic) bond motifs is 5. The molecule has 0 aromatic carbocycles. The van der Waals surface area contributed by atoms with Crippen LogP contribution in [0.3, 0.4) is 0 Å². The summed E-state index contributed by atoms with van der Waals surface area (Å²) in [5.74, 6) is 2.55. The van der Waals surface area contributed by atoms with E-state index in [9.17, 15) is 15.5 Å². The van der Waals surface area contributed by atoms with E-state index in [1.165, 1.54) is 19.3 Å². The summed E-state index contributed by atoms with van der Waals surface area (Å²) in [6.45, 7) is 6.90. The van der Waals surface area contributed by atoms with Crippen LogP contribution in [0.15, 0.2) is 0 Å². The lowest BCUT2D eigenvalue weighted by atomic mass is 9.42. The van der Waals surface area contributed by atoms with Crippen LogP contribution in [0.2, 0.25) is 0 Å². The molecule has 0 spiro atoms. The number of aliphatic hydroxyl groups excluding tert-OH is 2. The van der Waals surface area contributed by atoms with Crippen LogP contribution in [0.25, 0.3) is 0 Å². The van der Waals surface area contributed by atoms with Gasteiger partial charge in [-0.15, -0.1) is 0 Å². The highest BCUT2D eigenvalue weighted by Crippen LogP contribution is 2.67. The molecular weight excluding hydrogens is 298 g/mol. The Bertz CT molecular complexity index is 557. The quantitative estimate of drug-likeness (QED) is 0.710. The largest absolute Gasteiger partial charge is 0.393 e. The van der Waals surface area contributed by atoms with Crippen LogP contribution in [-0.4, -0.2) is 22.4 Å². The Kier molecular flexibility index (Phi) is 3.83. The molecule has 4 aliphatic rings. The predicted octanol–water partition coefficient (Wildman–Crippen LogP) is 3.75. The zero-order valence-electron chi connectivity index (χ0n) is 15.4. The summed E-state index contributed by atoms with van der Waals surface area (Å²) in [6.07, 6.45) is 6.84. The molecule has 134 valence electrons. The molecule has 0 aromatic heterocycles. The van der Waals surface area contributed by atoms with Crippen LogP contribution < -0.4 is 0 Å². The molecule has 0 aliphatic heterocycles. The molecule has 4 aliphatic carbocycles. The molecule has 0 aromatic rings. The van der Waals surface area contributed by atoms with Crippen molar-refractivity contribution in [3.05, 3.63) is 0 Å². The van der Waals surface area contributed by atoms with Gasteiger partial charge in [-0.2, -0.15) is 5.26 Å². The fourth-order valence-corrected chi connectivity index (χ4v) is 8.05. The monoisotopic (exact) mass is 331 g/mol. The van der Waals surface area contributed by atoms with E-state index in [0.29, 0.717) is 29.6 Å². The molecule has 0 amide bonds. The van der Waals surface area contributed by atoms with Crippen molar-refractivity contribution in [2.75, 3.05) is 0 Å². The van der Waals surface area contributed by atoms with Crippen molar-refractivity contribution in [1.29, 1.82) is 5.26 Å². The van der Waals surface area contributed by atoms with Gasteiger partial charge in [0.25, 0.3) is 0 Å². The smallest absolute Gasteiger partial charge is 0.0661 e. The van der Waals surface area contributed by atoms with Crippen LogP contribution in [0.4, 0.5) is 0 Å². The SMILES string of the molecule is CC1C(O)CCC2(C)C1CCC1C3CCC(C#N)C3(C)CC(O)C12. The first-order valence-electron chi connectivity index (χ1n) is 10.1. The number of hydrogen-bond acceptors (Lipinski definition) is 3. The number of nitrogens with zero attached hydrogens (tertiary/aromatic N) is 1. The zero-order chi connectivity index (χ0) is 17.3. The van der Waals surface area contributed by atoms with Crippen molar-refractivity contribution >= 4 is 0 Å². The van der Waals surface area contributed by atoms with Crippen molar-refractivity contribution in [2.45, 2.75) is 77.9 Å². The van der Waals surface area contributed by atoms with Gasteiger partial charge in [-0.3, -0.25) is 0 Å². The lowest BCUT2D eigenvalue weighted by Crippen LogP contribution is -2.60. The molecule has 10 atom stereocenters. The summed E-state index contributed by atoms with van der Waals surface area (Å²) in [6, 6.07) is 2.55. The first-order valence-corrected chi connectivity index (χ1v) is 10.1. The van der Waals surface area contributed by atoms with E-state index in [0.717, 1.165) is 25.7 Å². The standard InChI is InChI=1S/C21H33NO2/c1-12-15-7-5-14-16-6-4-13(11-22)21(16,3)10-18(24)19(14)20(15,2)9-8-17(12)23/h12-19,23-24H,4-10H2,1-3H3. The van der Waals surface area contributed by atoms with Gasteiger partial charge >= 0.3 is 0 Å². The molecule has 2 N–H and O–H groups in total. The molecular formula is C21H33NO2. The van der Waals surface area contributed by atoms with Crippen LogP contribution in [-0.2, 0) is 0 Å². The number of nitriles is 1. The van der Waals surface area contributed by atoms with Gasteiger partial charge in [-0.25, -0.2) is 0 Å². The lowest BCUT2D eigenvalue weighted by molar-refractivity contribution is -0.188. The maximum Gasteiger partial charge on any atom is 0.0661 e. The third-order valence-corrected chi connectivity index (χ3v) is 9.25. The fraction of sp³-hybridized carbons (Fsp3) is 0.952. The van der Waals surface area contributed by atoms with E-state index in [-0.39, 0.29) is 29.0 Å². The Morgan fingerprint density at radius 1 is 0.917 bits per heavy atom. The molecule has 0 saturated heterocycles. The van der Waals surface area contributed by atoms with Crippen LogP contribution in [0.1, 0.15) is 65.7 Å². The summed E-state index contributed by atoms with van der Waals surface area (Å²) in [4.78, 5) is 0. The van der Waals surface area contributed by atoms with Gasteiger partial charge in [-0.05, 0) is 85.4 Å². The van der Waals surface area contributed by atoms with Gasteiger partial charge in [0.2, 0.25) is 0 Å². The first kappa shape index (κ1) is 16.9. The van der Waals surface area contributed by atoms with E-state index in [2.05, 4.69) is 26.8 Å². The summed E-state index contributed by atoms with van der Waals surface area (Å²) in [7, 11) is 0. The van der Waals surface area contributed by atoms with Crippen molar-refractivity contribution in [3.8, 4) is 6.07 Å². The highest BCUT2D eigenvalue weighted by atomic mass is 16.3. The summed E-state index contributed by atoms with van der Waals surface area (Å²) < 4.78 is 0. The van der Waals surface area contributed by atoms with Gasteiger partial charge in [-0.1, -0.05) is 20.8 Å². The average molecular weight is 332 g/mol. The van der Waals surface area contributed by atoms with E-state index >= 15 is 0 Å². The lowest BCUT2D eigenvalue weighted by Gasteiger charge is -2.63. The number of aliphatic hydroxyl groups is 2. The summed E-state index contributed by atoms with van der Waals surface area (Å²) in [5, 5.41) is 31.2. The predicted molar refractivity (Wildman–Crippen MR) is 92.8 cm³/mol. The molecule has 4 saturated carbocycles. The topological polar surface area (TPSA) is 64.2 Å². The molecule has 10 unspecified atom stereocenters. The Morgan fingerprint density at radius 2 is 1.62 bits per heavy atom. The van der Waals surface area contributed by atoms with Gasteiger partial charge in [0, 0.05) is 0 Å². The molecule has 4 rings (SSSR count). The maximum absolute atomic E-state index is 11.2. The minimum absolute atomic E-state index is 0.0122. The molecule has 0 radical (unpaired) electrons. The normalized spacial score (nSPS) is 59.8. The number of hydrogen-bond donors (Lipinski definition) is 2. The second-order valence-corrected chi connectivity index (χ2v) is 9.99. The van der Waals surface area contributed by atoms with Gasteiger partial charge in [0.05, 0.1) is 24.2 Å².